The molecule has 0 spiro atoms. The molecule has 0 bridgehead atoms. The molecule has 9 heteroatoms. The summed E-state index contributed by atoms with van der Waals surface area (Å²) in [6.45, 7) is 1.59. The molecule has 2 aromatic rings. The van der Waals surface area contributed by atoms with Gasteiger partial charge in [0.05, 0.1) is 17.7 Å². The lowest BCUT2D eigenvalue weighted by molar-refractivity contribution is -0.117. The minimum Gasteiger partial charge on any atom is -0.477 e. The van der Waals surface area contributed by atoms with E-state index in [1.807, 2.05) is 0 Å². The van der Waals surface area contributed by atoms with E-state index >= 15 is 0 Å². The quantitative estimate of drug-likeness (QED) is 0.806. The van der Waals surface area contributed by atoms with Crippen LogP contribution < -0.4 is 5.32 Å². The van der Waals surface area contributed by atoms with Crippen molar-refractivity contribution < 1.29 is 23.9 Å². The van der Waals surface area contributed by atoms with Crippen LogP contribution in [0.5, 0.6) is 0 Å². The molecule has 2 N–H and O–H groups in total. The summed E-state index contributed by atoms with van der Waals surface area (Å²) >= 11 is 2.06. The van der Waals surface area contributed by atoms with Gasteiger partial charge in [-0.2, -0.15) is 0 Å². The van der Waals surface area contributed by atoms with Gasteiger partial charge in [0.1, 0.15) is 4.88 Å². The number of carbonyl (C=O) groups is 3. The van der Waals surface area contributed by atoms with Gasteiger partial charge >= 0.3 is 5.97 Å². The highest BCUT2D eigenvalue weighted by atomic mass is 32.2. The monoisotopic (exact) mass is 326 g/mol. The number of hydrogen-bond acceptors (Lipinski definition) is 7. The average molecular weight is 326 g/mol. The molecular weight excluding hydrogens is 316 g/mol. The number of amides is 2. The Hall–Kier alpha value is -2.13. The Labute approximate surface area is 127 Å². The Balaban J connectivity index is 1.88. The van der Waals surface area contributed by atoms with Crippen molar-refractivity contribution in [2.45, 2.75) is 11.3 Å². The molecule has 2 heterocycles. The van der Waals surface area contributed by atoms with Gasteiger partial charge in [-0.15, -0.1) is 11.3 Å². The van der Waals surface area contributed by atoms with E-state index in [1.54, 1.807) is 13.0 Å². The van der Waals surface area contributed by atoms with Crippen molar-refractivity contribution >= 4 is 40.9 Å². The predicted octanol–water partition coefficient (Wildman–Crippen LogP) is 1.79. The Morgan fingerprint density at radius 3 is 2.81 bits per heavy atom. The molecule has 0 saturated heterocycles. The number of aromatic carboxylic acids is 1. The molecule has 0 saturated carbocycles. The molecule has 0 unspecified atom stereocenters. The first-order valence-electron chi connectivity index (χ1n) is 5.68. The van der Waals surface area contributed by atoms with Crippen LogP contribution in [-0.2, 0) is 4.79 Å². The summed E-state index contributed by atoms with van der Waals surface area (Å²) in [5.74, 6) is -2.17. The normalized spacial score (nSPS) is 10.3. The number of carboxylic acids is 1. The molecule has 0 aliphatic heterocycles. The molecular formula is C12H10N2O5S2. The number of thioether (sulfide) groups is 1. The standard InChI is InChI=1S/C12H10N2O5S2/c1-6-9(11(17)18)21-12(13-6)20-5-8(15)14-10(16)7-3-2-4-19-7/h2-4H,5H2,1H3,(H,17,18)(H,14,15,16). The van der Waals surface area contributed by atoms with Crippen LogP contribution in [0.4, 0.5) is 0 Å². The number of rotatable bonds is 5. The van der Waals surface area contributed by atoms with Crippen molar-refractivity contribution in [3.63, 3.8) is 0 Å². The summed E-state index contributed by atoms with van der Waals surface area (Å²) < 4.78 is 5.32. The van der Waals surface area contributed by atoms with E-state index in [0.29, 0.717) is 10.0 Å². The van der Waals surface area contributed by atoms with E-state index in [9.17, 15) is 14.4 Å². The fraction of sp³-hybridized carbons (Fsp3) is 0.167. The largest absolute Gasteiger partial charge is 0.477 e. The SMILES string of the molecule is Cc1nc(SCC(=O)NC(=O)c2ccco2)sc1C(=O)O. The maximum Gasteiger partial charge on any atom is 0.347 e. The molecule has 0 fully saturated rings. The number of aromatic nitrogens is 1. The number of nitrogens with one attached hydrogen (secondary N) is 1. The van der Waals surface area contributed by atoms with Crippen LogP contribution in [0.15, 0.2) is 27.2 Å². The topological polar surface area (TPSA) is 110 Å². The summed E-state index contributed by atoms with van der Waals surface area (Å²) in [5, 5.41) is 11.1. The number of nitrogens with zero attached hydrogens (tertiary/aromatic N) is 1. The van der Waals surface area contributed by atoms with Gasteiger partial charge in [-0.1, -0.05) is 11.8 Å². The molecule has 7 nitrogen and oxygen atoms in total. The van der Waals surface area contributed by atoms with Crippen LogP contribution >= 0.6 is 23.1 Å². The third kappa shape index (κ3) is 3.92. The van der Waals surface area contributed by atoms with E-state index in [0.717, 1.165) is 23.1 Å². The van der Waals surface area contributed by atoms with Gasteiger partial charge in [0.15, 0.2) is 10.1 Å². The third-order valence-corrected chi connectivity index (χ3v) is 4.58. The molecule has 0 aliphatic rings. The predicted molar refractivity (Wildman–Crippen MR) is 75.7 cm³/mol. The number of furan rings is 1. The van der Waals surface area contributed by atoms with E-state index in [4.69, 9.17) is 9.52 Å². The first-order chi connectivity index (χ1) is 9.97. The van der Waals surface area contributed by atoms with E-state index in [-0.39, 0.29) is 16.4 Å². The van der Waals surface area contributed by atoms with Crippen LogP contribution in [0.2, 0.25) is 0 Å². The zero-order valence-electron chi connectivity index (χ0n) is 10.8. The Bertz CT molecular complexity index is 678. The highest BCUT2D eigenvalue weighted by molar-refractivity contribution is 8.01. The maximum atomic E-state index is 11.6. The number of aryl methyl sites for hydroxylation is 1. The zero-order valence-corrected chi connectivity index (χ0v) is 12.4. The lowest BCUT2D eigenvalue weighted by atomic mass is 10.4. The summed E-state index contributed by atoms with van der Waals surface area (Å²) in [6, 6.07) is 2.99. The molecule has 0 radical (unpaired) electrons. The second-order valence-corrected chi connectivity index (χ2v) is 6.06. The van der Waals surface area contributed by atoms with Crippen molar-refractivity contribution in [3.05, 3.63) is 34.7 Å². The molecule has 110 valence electrons. The van der Waals surface area contributed by atoms with Crippen LogP contribution in [0.3, 0.4) is 0 Å². The van der Waals surface area contributed by atoms with Crippen LogP contribution in [0.1, 0.15) is 25.9 Å². The van der Waals surface area contributed by atoms with Gasteiger partial charge < -0.3 is 9.52 Å². The van der Waals surface area contributed by atoms with Crippen molar-refractivity contribution in [2.24, 2.45) is 0 Å². The Morgan fingerprint density at radius 1 is 1.48 bits per heavy atom. The number of carboxylic acid groups (broad SMARTS) is 1. The first kappa shape index (κ1) is 15.3. The molecule has 2 aromatic heterocycles. The molecule has 0 aliphatic carbocycles. The van der Waals surface area contributed by atoms with Crippen molar-refractivity contribution in [2.75, 3.05) is 5.75 Å². The lowest BCUT2D eigenvalue weighted by Crippen LogP contribution is -2.31. The molecule has 2 rings (SSSR count). The number of carbonyl (C=O) groups excluding carboxylic acids is 2. The van der Waals surface area contributed by atoms with Gasteiger partial charge in [0, 0.05) is 0 Å². The van der Waals surface area contributed by atoms with E-state index < -0.39 is 17.8 Å². The molecule has 2 amide bonds. The zero-order chi connectivity index (χ0) is 15.4. The van der Waals surface area contributed by atoms with Gasteiger partial charge in [-0.05, 0) is 19.1 Å². The molecule has 0 aromatic carbocycles. The van der Waals surface area contributed by atoms with Gasteiger partial charge in [-0.25, -0.2) is 9.78 Å². The van der Waals surface area contributed by atoms with Crippen molar-refractivity contribution in [3.8, 4) is 0 Å². The number of imide groups is 1. The Morgan fingerprint density at radius 2 is 2.24 bits per heavy atom. The lowest BCUT2D eigenvalue weighted by Gasteiger charge is -2.00. The average Bonchev–Trinajstić information content (AvgIpc) is 3.05. The van der Waals surface area contributed by atoms with Crippen LogP contribution in [-0.4, -0.2) is 33.6 Å². The molecule has 0 atom stereocenters. The Kier molecular flexibility index (Phi) is 4.76. The number of thiazole rings is 1. The van der Waals surface area contributed by atoms with Gasteiger partial charge in [-0.3, -0.25) is 14.9 Å². The third-order valence-electron chi connectivity index (χ3n) is 2.30. The van der Waals surface area contributed by atoms with Crippen LogP contribution in [0.25, 0.3) is 0 Å². The fourth-order valence-electron chi connectivity index (χ4n) is 1.39. The summed E-state index contributed by atoms with van der Waals surface area (Å²) in [7, 11) is 0. The second kappa shape index (κ2) is 6.55. The summed E-state index contributed by atoms with van der Waals surface area (Å²) in [4.78, 5) is 38.2. The minimum absolute atomic E-state index is 0.0432. The highest BCUT2D eigenvalue weighted by Crippen LogP contribution is 2.26. The van der Waals surface area contributed by atoms with E-state index in [2.05, 4.69) is 10.3 Å². The smallest absolute Gasteiger partial charge is 0.347 e. The van der Waals surface area contributed by atoms with Crippen LogP contribution in [0, 0.1) is 6.92 Å². The molecule has 21 heavy (non-hydrogen) atoms. The van der Waals surface area contributed by atoms with Gasteiger partial charge in [0.2, 0.25) is 5.91 Å². The maximum absolute atomic E-state index is 11.6. The summed E-state index contributed by atoms with van der Waals surface area (Å²) in [6.07, 6.45) is 1.33. The van der Waals surface area contributed by atoms with Gasteiger partial charge in [0.25, 0.3) is 5.91 Å². The number of hydrogen-bond donors (Lipinski definition) is 2. The minimum atomic E-state index is -1.05. The first-order valence-corrected chi connectivity index (χ1v) is 7.49. The van der Waals surface area contributed by atoms with Crippen molar-refractivity contribution in [1.82, 2.24) is 10.3 Å². The van der Waals surface area contributed by atoms with E-state index in [1.165, 1.54) is 12.3 Å². The second-order valence-electron chi connectivity index (χ2n) is 3.84. The van der Waals surface area contributed by atoms with Crippen molar-refractivity contribution in [1.29, 1.82) is 0 Å². The fourth-order valence-corrected chi connectivity index (χ4v) is 3.22. The summed E-state index contributed by atoms with van der Waals surface area (Å²) in [5.41, 5.74) is 0.405. The highest BCUT2D eigenvalue weighted by Gasteiger charge is 2.16.